The number of hydrogen-bond acceptors (Lipinski definition) is 3. The quantitative estimate of drug-likeness (QED) is 0.612. The molecule has 0 aromatic carbocycles. The van der Waals surface area contributed by atoms with Gasteiger partial charge in [0.05, 0.1) is 12.3 Å². The SMILES string of the molecule is N/C1=C\CCN=C(CC(F)(F)F)C/C=C\C1C=O. The molecule has 1 rings (SSSR count). The maximum Gasteiger partial charge on any atom is 0.394 e. The first-order valence-electron chi connectivity index (χ1n) is 5.59. The summed E-state index contributed by atoms with van der Waals surface area (Å²) in [6.45, 7) is 0.255. The Labute approximate surface area is 103 Å². The van der Waals surface area contributed by atoms with Gasteiger partial charge in [0.15, 0.2) is 0 Å². The second-order valence-electron chi connectivity index (χ2n) is 4.03. The Hall–Kier alpha value is -1.59. The highest BCUT2D eigenvalue weighted by Crippen LogP contribution is 2.22. The largest absolute Gasteiger partial charge is 0.401 e. The molecular formula is C12H15F3N2O. The average molecular weight is 260 g/mol. The predicted octanol–water partition coefficient (Wildman–Crippen LogP) is 2.39. The molecular weight excluding hydrogens is 245 g/mol. The molecule has 2 N–H and O–H groups in total. The number of aliphatic imine (C=N–C) groups is 1. The third-order valence-electron chi connectivity index (χ3n) is 2.48. The molecule has 0 radical (unpaired) electrons. The highest BCUT2D eigenvalue weighted by atomic mass is 19.4. The first-order chi connectivity index (χ1) is 8.42. The van der Waals surface area contributed by atoms with Crippen molar-refractivity contribution in [3.05, 3.63) is 23.9 Å². The molecule has 0 saturated carbocycles. The number of hydrogen-bond donors (Lipinski definition) is 1. The highest BCUT2D eigenvalue weighted by molar-refractivity contribution is 5.86. The standard InChI is InChI=1S/C12H15F3N2O/c13-12(14,15)7-10-4-1-3-9(8-18)11(16)5-2-6-17-10/h1,3,5,8-9H,2,4,6-7,16H2/b3-1-,11-5-,17-10?. The van der Waals surface area contributed by atoms with E-state index in [1.807, 2.05) is 0 Å². The van der Waals surface area contributed by atoms with E-state index in [0.717, 1.165) is 0 Å². The summed E-state index contributed by atoms with van der Waals surface area (Å²) in [7, 11) is 0. The molecule has 1 aliphatic heterocycles. The second kappa shape index (κ2) is 6.37. The summed E-state index contributed by atoms with van der Waals surface area (Å²) in [6, 6.07) is 0. The first kappa shape index (κ1) is 14.5. The van der Waals surface area contributed by atoms with Gasteiger partial charge < -0.3 is 10.5 Å². The lowest BCUT2D eigenvalue weighted by atomic mass is 10.0. The molecule has 1 aliphatic rings. The van der Waals surface area contributed by atoms with Crippen molar-refractivity contribution >= 4 is 12.0 Å². The zero-order valence-corrected chi connectivity index (χ0v) is 9.78. The second-order valence-corrected chi connectivity index (χ2v) is 4.03. The zero-order chi connectivity index (χ0) is 13.6. The van der Waals surface area contributed by atoms with Gasteiger partial charge in [0, 0.05) is 24.4 Å². The van der Waals surface area contributed by atoms with Gasteiger partial charge in [-0.15, -0.1) is 0 Å². The lowest BCUT2D eigenvalue weighted by Crippen LogP contribution is -2.16. The van der Waals surface area contributed by atoms with E-state index in [1.165, 1.54) is 12.2 Å². The molecule has 1 heterocycles. The van der Waals surface area contributed by atoms with E-state index in [4.69, 9.17) is 5.73 Å². The highest BCUT2D eigenvalue weighted by Gasteiger charge is 2.29. The zero-order valence-electron chi connectivity index (χ0n) is 9.78. The number of halogens is 3. The van der Waals surface area contributed by atoms with Crippen LogP contribution in [0.1, 0.15) is 19.3 Å². The number of carbonyl (C=O) groups excluding carboxylic acids is 1. The Morgan fingerprint density at radius 2 is 2.22 bits per heavy atom. The van der Waals surface area contributed by atoms with Crippen molar-refractivity contribution in [3.8, 4) is 0 Å². The van der Waals surface area contributed by atoms with Gasteiger partial charge in [0.2, 0.25) is 0 Å². The smallest absolute Gasteiger partial charge is 0.394 e. The molecule has 0 aromatic rings. The van der Waals surface area contributed by atoms with Gasteiger partial charge in [0.1, 0.15) is 6.29 Å². The Morgan fingerprint density at radius 1 is 1.50 bits per heavy atom. The summed E-state index contributed by atoms with van der Waals surface area (Å²) in [5.41, 5.74) is 6.16. The molecule has 6 heteroatoms. The fourth-order valence-corrected chi connectivity index (χ4v) is 1.60. The van der Waals surface area contributed by atoms with Crippen LogP contribution in [0.3, 0.4) is 0 Å². The van der Waals surface area contributed by atoms with Crippen molar-refractivity contribution in [1.29, 1.82) is 0 Å². The number of aldehydes is 1. The van der Waals surface area contributed by atoms with Crippen LogP contribution in [0.4, 0.5) is 13.2 Å². The molecule has 0 aliphatic carbocycles. The van der Waals surface area contributed by atoms with Crippen molar-refractivity contribution < 1.29 is 18.0 Å². The molecule has 0 amide bonds. The Balaban J connectivity index is 2.79. The van der Waals surface area contributed by atoms with E-state index in [-0.39, 0.29) is 18.7 Å². The summed E-state index contributed by atoms with van der Waals surface area (Å²) >= 11 is 0. The molecule has 1 unspecified atom stereocenters. The number of allylic oxidation sites excluding steroid dienone is 2. The normalized spacial score (nSPS) is 26.7. The van der Waals surface area contributed by atoms with E-state index in [1.54, 1.807) is 6.08 Å². The Bertz CT molecular complexity index is 383. The Kier molecular flexibility index (Phi) is 5.12. The fourth-order valence-electron chi connectivity index (χ4n) is 1.60. The maximum absolute atomic E-state index is 12.3. The lowest BCUT2D eigenvalue weighted by Gasteiger charge is -2.11. The summed E-state index contributed by atoms with van der Waals surface area (Å²) < 4.78 is 36.8. The van der Waals surface area contributed by atoms with Crippen LogP contribution in [0.15, 0.2) is 28.9 Å². The van der Waals surface area contributed by atoms with E-state index in [2.05, 4.69) is 4.99 Å². The van der Waals surface area contributed by atoms with Gasteiger partial charge in [-0.3, -0.25) is 4.99 Å². The van der Waals surface area contributed by atoms with Crippen LogP contribution in [0.5, 0.6) is 0 Å². The van der Waals surface area contributed by atoms with Crippen LogP contribution in [-0.2, 0) is 4.79 Å². The van der Waals surface area contributed by atoms with Gasteiger partial charge in [-0.2, -0.15) is 13.2 Å². The molecule has 1 atom stereocenters. The summed E-state index contributed by atoms with van der Waals surface area (Å²) in [4.78, 5) is 14.7. The van der Waals surface area contributed by atoms with E-state index < -0.39 is 18.5 Å². The van der Waals surface area contributed by atoms with Crippen LogP contribution in [-0.4, -0.2) is 24.7 Å². The van der Waals surface area contributed by atoms with Crippen LogP contribution in [0.2, 0.25) is 0 Å². The summed E-state index contributed by atoms with van der Waals surface area (Å²) in [5, 5.41) is 0. The average Bonchev–Trinajstić information content (AvgIpc) is 2.27. The fraction of sp³-hybridized carbons (Fsp3) is 0.500. The number of alkyl halides is 3. The van der Waals surface area contributed by atoms with Gasteiger partial charge in [0.25, 0.3) is 0 Å². The number of nitrogens with two attached hydrogens (primary N) is 1. The van der Waals surface area contributed by atoms with E-state index >= 15 is 0 Å². The predicted molar refractivity (Wildman–Crippen MR) is 63.2 cm³/mol. The minimum Gasteiger partial charge on any atom is -0.401 e. The Morgan fingerprint density at radius 3 is 2.83 bits per heavy atom. The maximum atomic E-state index is 12.3. The monoisotopic (exact) mass is 260 g/mol. The van der Waals surface area contributed by atoms with Crippen LogP contribution >= 0.6 is 0 Å². The van der Waals surface area contributed by atoms with Gasteiger partial charge in [-0.1, -0.05) is 18.2 Å². The van der Waals surface area contributed by atoms with Crippen molar-refractivity contribution in [3.63, 3.8) is 0 Å². The molecule has 0 saturated heterocycles. The van der Waals surface area contributed by atoms with Crippen molar-refractivity contribution in [2.24, 2.45) is 16.6 Å². The lowest BCUT2D eigenvalue weighted by molar-refractivity contribution is -0.121. The van der Waals surface area contributed by atoms with Gasteiger partial charge >= 0.3 is 6.18 Å². The molecule has 18 heavy (non-hydrogen) atoms. The minimum absolute atomic E-state index is 0.0808. The third-order valence-corrected chi connectivity index (χ3v) is 2.48. The molecule has 3 nitrogen and oxygen atoms in total. The molecule has 100 valence electrons. The molecule has 0 spiro atoms. The van der Waals surface area contributed by atoms with E-state index in [0.29, 0.717) is 18.4 Å². The van der Waals surface area contributed by atoms with Crippen molar-refractivity contribution in [1.82, 2.24) is 0 Å². The topological polar surface area (TPSA) is 55.4 Å². The van der Waals surface area contributed by atoms with Crippen LogP contribution in [0, 0.1) is 5.92 Å². The van der Waals surface area contributed by atoms with Crippen LogP contribution < -0.4 is 5.73 Å². The summed E-state index contributed by atoms with van der Waals surface area (Å²) in [5.74, 6) is -0.560. The van der Waals surface area contributed by atoms with Gasteiger partial charge in [-0.05, 0) is 6.42 Å². The van der Waals surface area contributed by atoms with Crippen molar-refractivity contribution in [2.45, 2.75) is 25.4 Å². The van der Waals surface area contributed by atoms with Gasteiger partial charge in [-0.25, -0.2) is 0 Å². The minimum atomic E-state index is -4.25. The number of nitrogens with zero attached hydrogens (tertiary/aromatic N) is 1. The molecule has 0 fully saturated rings. The summed E-state index contributed by atoms with van der Waals surface area (Å²) in [6.07, 6.45) is 0.583. The third kappa shape index (κ3) is 5.16. The molecule has 0 bridgehead atoms. The van der Waals surface area contributed by atoms with Crippen LogP contribution in [0.25, 0.3) is 0 Å². The van der Waals surface area contributed by atoms with Crippen molar-refractivity contribution in [2.75, 3.05) is 6.54 Å². The molecule has 0 aromatic heterocycles. The van der Waals surface area contributed by atoms with E-state index in [9.17, 15) is 18.0 Å². The first-order valence-corrected chi connectivity index (χ1v) is 5.59. The number of rotatable bonds is 2. The number of carbonyl (C=O) groups is 1.